The third-order valence-electron chi connectivity index (χ3n) is 9.24. The Bertz CT molecular complexity index is 2140. The molecule has 5 heteroatoms. The van der Waals surface area contributed by atoms with Crippen LogP contribution < -0.4 is 14.9 Å². The Labute approximate surface area is 324 Å². The largest absolute Gasteiger partial charge is 0.310 e. The third kappa shape index (κ3) is 9.23. The maximum Gasteiger partial charge on any atom is 0.0652 e. The zero-order valence-corrected chi connectivity index (χ0v) is 31.1. The zero-order valence-electron chi connectivity index (χ0n) is 31.1. The lowest BCUT2D eigenvalue weighted by Crippen LogP contribution is -2.11. The van der Waals surface area contributed by atoms with Crippen molar-refractivity contribution in [1.29, 1.82) is 0 Å². The van der Waals surface area contributed by atoms with Gasteiger partial charge in [0.2, 0.25) is 0 Å². The monoisotopic (exact) mass is 713 g/mol. The number of hydrazone groups is 2. The fourth-order valence-corrected chi connectivity index (χ4v) is 6.23. The summed E-state index contributed by atoms with van der Waals surface area (Å²) in [5.74, 6) is 0. The molecular weight excluding hydrogens is 671 g/mol. The van der Waals surface area contributed by atoms with E-state index in [1.165, 1.54) is 11.1 Å². The van der Waals surface area contributed by atoms with Gasteiger partial charge in [0.25, 0.3) is 0 Å². The molecule has 0 saturated heterocycles. The molecule has 0 heterocycles. The summed E-state index contributed by atoms with van der Waals surface area (Å²) in [6.07, 6.45) is 11.8. The van der Waals surface area contributed by atoms with E-state index in [-0.39, 0.29) is 0 Å². The second-order valence-corrected chi connectivity index (χ2v) is 13.0. The number of hydrogen-bond acceptors (Lipinski definition) is 5. The Hall–Kier alpha value is -7.24. The first-order valence-electron chi connectivity index (χ1n) is 18.4. The van der Waals surface area contributed by atoms with E-state index in [9.17, 15) is 0 Å². The average molecular weight is 714 g/mol. The van der Waals surface area contributed by atoms with Crippen LogP contribution in [-0.2, 0) is 0 Å². The second kappa shape index (κ2) is 18.0. The molecule has 0 unspecified atom stereocenters. The highest BCUT2D eigenvalue weighted by Crippen LogP contribution is 2.37. The quantitative estimate of drug-likeness (QED) is 0.0881. The van der Waals surface area contributed by atoms with Crippen molar-refractivity contribution in [3.8, 4) is 0 Å². The molecule has 7 aromatic carbocycles. The maximum atomic E-state index is 4.78. The number of para-hydroxylation sites is 4. The van der Waals surface area contributed by atoms with E-state index in [0.29, 0.717) is 0 Å². The maximum absolute atomic E-state index is 4.78. The zero-order chi connectivity index (χ0) is 37.7. The first kappa shape index (κ1) is 36.1. The minimum Gasteiger partial charge on any atom is -0.310 e. The van der Waals surface area contributed by atoms with E-state index in [2.05, 4.69) is 146 Å². The van der Waals surface area contributed by atoms with Gasteiger partial charge in [0, 0.05) is 29.5 Å². The highest BCUT2D eigenvalue weighted by Gasteiger charge is 2.15. The van der Waals surface area contributed by atoms with Crippen molar-refractivity contribution < 1.29 is 0 Å². The normalized spacial score (nSPS) is 11.5. The Morgan fingerprint density at radius 3 is 1.09 bits per heavy atom. The molecule has 0 aromatic heterocycles. The van der Waals surface area contributed by atoms with Crippen molar-refractivity contribution in [3.63, 3.8) is 0 Å². The van der Waals surface area contributed by atoms with Crippen LogP contribution >= 0.6 is 0 Å². The summed E-state index contributed by atoms with van der Waals surface area (Å²) >= 11 is 0. The Morgan fingerprint density at radius 2 is 0.727 bits per heavy atom. The fraction of sp³-hybridized carbons (Fsp3) is 0.0400. The van der Waals surface area contributed by atoms with Gasteiger partial charge in [-0.15, -0.1) is 0 Å². The summed E-state index contributed by atoms with van der Waals surface area (Å²) in [4.78, 5) is 2.32. The molecule has 0 fully saturated rings. The van der Waals surface area contributed by atoms with Gasteiger partial charge in [0.15, 0.2) is 0 Å². The number of aryl methyl sites for hydroxylation is 1. The van der Waals surface area contributed by atoms with Crippen LogP contribution in [0.2, 0.25) is 0 Å². The molecule has 0 bridgehead atoms. The molecule has 7 aromatic rings. The lowest BCUT2D eigenvalue weighted by molar-refractivity contribution is 1.09. The van der Waals surface area contributed by atoms with Crippen molar-refractivity contribution in [1.82, 2.24) is 0 Å². The summed E-state index contributed by atoms with van der Waals surface area (Å²) in [5.41, 5.74) is 12.0. The predicted octanol–water partition coefficient (Wildman–Crippen LogP) is 13.4. The first-order valence-corrected chi connectivity index (χ1v) is 18.4. The van der Waals surface area contributed by atoms with E-state index in [1.54, 1.807) is 0 Å². The first-order chi connectivity index (χ1) is 27.1. The van der Waals surface area contributed by atoms with E-state index in [4.69, 9.17) is 10.2 Å². The molecule has 0 spiro atoms. The molecule has 0 aliphatic carbocycles. The smallest absolute Gasteiger partial charge is 0.0652 e. The summed E-state index contributed by atoms with van der Waals surface area (Å²) in [6.45, 7) is 4.35. The Balaban J connectivity index is 1.09. The summed E-state index contributed by atoms with van der Waals surface area (Å²) in [6, 6.07) is 64.5. The van der Waals surface area contributed by atoms with Gasteiger partial charge in [0.05, 0.1) is 22.7 Å². The van der Waals surface area contributed by atoms with Gasteiger partial charge in [-0.3, -0.25) is 0 Å². The van der Waals surface area contributed by atoms with Gasteiger partial charge in [-0.25, -0.2) is 10.0 Å². The van der Waals surface area contributed by atoms with Gasteiger partial charge < -0.3 is 4.90 Å². The second-order valence-electron chi connectivity index (χ2n) is 13.0. The van der Waals surface area contributed by atoms with Crippen molar-refractivity contribution in [3.05, 3.63) is 222 Å². The number of hydrogen-bond donors (Lipinski definition) is 0. The van der Waals surface area contributed by atoms with Crippen molar-refractivity contribution >= 4 is 64.4 Å². The number of nitrogens with zero attached hydrogens (tertiary/aromatic N) is 5. The van der Waals surface area contributed by atoms with Gasteiger partial charge in [-0.05, 0) is 127 Å². The van der Waals surface area contributed by atoms with Crippen LogP contribution in [0.5, 0.6) is 0 Å². The van der Waals surface area contributed by atoms with E-state index < -0.39 is 0 Å². The molecule has 55 heavy (non-hydrogen) atoms. The molecule has 0 atom stereocenters. The van der Waals surface area contributed by atoms with Crippen LogP contribution in [0.15, 0.2) is 210 Å². The summed E-state index contributed by atoms with van der Waals surface area (Å²) in [5, 5.41) is 13.4. The number of rotatable bonds is 13. The number of allylic oxidation sites excluding steroid dienone is 2. The van der Waals surface area contributed by atoms with E-state index in [1.807, 2.05) is 107 Å². The van der Waals surface area contributed by atoms with Gasteiger partial charge in [-0.1, -0.05) is 121 Å². The molecule has 0 amide bonds. The molecule has 268 valence electrons. The van der Waals surface area contributed by atoms with Crippen LogP contribution in [0.1, 0.15) is 22.3 Å². The van der Waals surface area contributed by atoms with Gasteiger partial charge in [-0.2, -0.15) is 10.2 Å². The fourth-order valence-electron chi connectivity index (χ4n) is 6.23. The third-order valence-corrected chi connectivity index (χ3v) is 9.24. The molecule has 0 saturated carbocycles. The summed E-state index contributed by atoms with van der Waals surface area (Å²) in [7, 11) is 0. The van der Waals surface area contributed by atoms with Crippen molar-refractivity contribution in [2.45, 2.75) is 13.8 Å². The Morgan fingerprint density at radius 1 is 0.364 bits per heavy atom. The molecule has 0 radical (unpaired) electrons. The van der Waals surface area contributed by atoms with E-state index >= 15 is 0 Å². The highest BCUT2D eigenvalue weighted by molar-refractivity contribution is 5.84. The lowest BCUT2D eigenvalue weighted by Gasteiger charge is -2.28. The average Bonchev–Trinajstić information content (AvgIpc) is 3.25. The van der Waals surface area contributed by atoms with Crippen molar-refractivity contribution in [2.75, 3.05) is 14.9 Å². The van der Waals surface area contributed by atoms with Crippen LogP contribution in [-0.4, -0.2) is 12.4 Å². The van der Waals surface area contributed by atoms with Crippen LogP contribution in [0.4, 0.5) is 39.8 Å². The van der Waals surface area contributed by atoms with Crippen LogP contribution in [0.25, 0.3) is 12.2 Å². The minimum absolute atomic E-state index is 1.00. The summed E-state index contributed by atoms with van der Waals surface area (Å²) < 4.78 is 0. The minimum atomic E-state index is 1.00. The molecular formula is C50H43N5. The molecule has 0 N–H and O–H groups in total. The van der Waals surface area contributed by atoms with E-state index in [0.717, 1.165) is 50.9 Å². The van der Waals surface area contributed by atoms with Crippen molar-refractivity contribution in [2.24, 2.45) is 10.2 Å². The number of anilines is 7. The van der Waals surface area contributed by atoms with Gasteiger partial charge in [0.1, 0.15) is 0 Å². The molecule has 0 aliphatic heterocycles. The molecule has 7 rings (SSSR count). The Kier molecular flexibility index (Phi) is 11.8. The highest BCUT2D eigenvalue weighted by atomic mass is 15.5. The predicted molar refractivity (Wildman–Crippen MR) is 236 cm³/mol. The molecule has 5 nitrogen and oxygen atoms in total. The van der Waals surface area contributed by atoms with Crippen LogP contribution in [0, 0.1) is 13.8 Å². The number of benzene rings is 7. The SMILES string of the molecule is Cc1cccc(N(c2ccc(C=CC=NN(c3ccccc3)c3ccccc3)cc2)c2ccc(C=CC=NN(c3ccccc3)c3ccccc3)cc2)c1C. The molecule has 0 aliphatic rings. The topological polar surface area (TPSA) is 34.4 Å². The van der Waals surface area contributed by atoms with Crippen LogP contribution in [0.3, 0.4) is 0 Å². The standard InChI is InChI=1S/C50H43N5/c1-40-18-15-29-50(41(40)2)53(44-34-30-42(31-35-44)19-16-38-51-54(46-21-7-3-8-22-46)47-23-9-4-10-24-47)45-36-32-43(33-37-45)20-17-39-52-55(48-25-11-5-12-26-48)49-27-13-6-14-28-49/h3-39H,1-2H3. The lowest BCUT2D eigenvalue weighted by atomic mass is 10.0. The van der Waals surface area contributed by atoms with Gasteiger partial charge >= 0.3 is 0 Å².